The van der Waals surface area contributed by atoms with Crippen LogP contribution in [-0.2, 0) is 15.9 Å². The maximum absolute atomic E-state index is 14.8. The molecule has 0 amide bonds. The Bertz CT molecular complexity index is 961. The summed E-state index contributed by atoms with van der Waals surface area (Å²) in [6.07, 6.45) is 0. The predicted octanol–water partition coefficient (Wildman–Crippen LogP) is 6.23. The van der Waals surface area contributed by atoms with Gasteiger partial charge < -0.3 is 18.5 Å². The Morgan fingerprint density at radius 3 is 1.79 bits per heavy atom. The molecule has 1 fully saturated rings. The van der Waals surface area contributed by atoms with E-state index in [1.165, 1.54) is 12.1 Å². The summed E-state index contributed by atoms with van der Waals surface area (Å²) in [5, 5.41) is 0.0868. The molecule has 0 radical (unpaired) electrons. The Kier molecular flexibility index (Phi) is 6.79. The molecule has 0 N–H and O–H groups in total. The number of halogens is 2. The van der Waals surface area contributed by atoms with E-state index in [2.05, 4.69) is 33.9 Å². The van der Waals surface area contributed by atoms with Crippen LogP contribution in [0.25, 0.3) is 0 Å². The second-order valence-corrected chi connectivity index (χ2v) is 15.9. The van der Waals surface area contributed by atoms with Crippen molar-refractivity contribution in [1.82, 2.24) is 0 Å². The van der Waals surface area contributed by atoms with E-state index in [4.69, 9.17) is 18.5 Å². The van der Waals surface area contributed by atoms with E-state index in [0.717, 1.165) is 5.75 Å². The molecule has 4 nitrogen and oxygen atoms in total. The lowest BCUT2D eigenvalue weighted by atomic mass is 9.78. The Balaban J connectivity index is 1.68. The zero-order valence-corrected chi connectivity index (χ0v) is 22.1. The SMILES string of the molecule is CC1(C)OB(c2cc(F)c(COc3ccc(O[Si](C)(C)C(C)(C)C)cc3)c(F)c2)OC1(C)C. The summed E-state index contributed by atoms with van der Waals surface area (Å²) in [5.74, 6) is -0.125. The van der Waals surface area contributed by atoms with E-state index >= 15 is 0 Å². The highest BCUT2D eigenvalue weighted by Crippen LogP contribution is 2.38. The summed E-state index contributed by atoms with van der Waals surface area (Å²) in [6.45, 7) is 18.2. The minimum atomic E-state index is -1.94. The molecule has 0 aliphatic carbocycles. The molecule has 0 atom stereocenters. The number of ether oxygens (including phenoxy) is 1. The van der Waals surface area contributed by atoms with Gasteiger partial charge in [0.2, 0.25) is 8.32 Å². The van der Waals surface area contributed by atoms with Crippen LogP contribution >= 0.6 is 0 Å². The van der Waals surface area contributed by atoms with Gasteiger partial charge in [-0.05, 0) is 87.7 Å². The fourth-order valence-corrected chi connectivity index (χ4v) is 4.11. The van der Waals surface area contributed by atoms with Crippen LogP contribution in [0.2, 0.25) is 18.1 Å². The third kappa shape index (κ3) is 5.44. The lowest BCUT2D eigenvalue weighted by Gasteiger charge is -2.36. The molecule has 0 spiro atoms. The maximum atomic E-state index is 14.8. The number of hydrogen-bond donors (Lipinski definition) is 0. The molecule has 0 bridgehead atoms. The minimum absolute atomic E-state index is 0.0868. The van der Waals surface area contributed by atoms with Gasteiger partial charge in [0.05, 0.1) is 16.8 Å². The zero-order valence-electron chi connectivity index (χ0n) is 21.1. The van der Waals surface area contributed by atoms with Gasteiger partial charge in [-0.1, -0.05) is 20.8 Å². The van der Waals surface area contributed by atoms with Gasteiger partial charge >= 0.3 is 7.12 Å². The van der Waals surface area contributed by atoms with Crippen LogP contribution in [0, 0.1) is 11.6 Å². The standard InChI is InChI=1S/C25H35BF2O4Si/c1-23(2,3)33(8,9)30-19-12-10-18(11-13-19)29-16-20-21(27)14-17(15-22(20)28)26-31-24(4,5)25(6,7)32-26/h10-15H,16H2,1-9H3. The molecule has 0 saturated carbocycles. The van der Waals surface area contributed by atoms with Crippen LogP contribution in [-0.4, -0.2) is 26.6 Å². The van der Waals surface area contributed by atoms with Crippen molar-refractivity contribution < 1.29 is 27.3 Å². The van der Waals surface area contributed by atoms with E-state index in [0.29, 0.717) is 11.2 Å². The average Bonchev–Trinajstić information content (AvgIpc) is 2.88. The van der Waals surface area contributed by atoms with Crippen molar-refractivity contribution in [2.45, 2.75) is 84.4 Å². The quantitative estimate of drug-likeness (QED) is 0.464. The first kappa shape index (κ1) is 25.7. The minimum Gasteiger partial charge on any atom is -0.543 e. The molecule has 180 valence electrons. The third-order valence-corrected chi connectivity index (χ3v) is 11.4. The van der Waals surface area contributed by atoms with Crippen molar-refractivity contribution in [3.63, 3.8) is 0 Å². The molecule has 1 heterocycles. The van der Waals surface area contributed by atoms with Crippen LogP contribution in [0.3, 0.4) is 0 Å². The summed E-state index contributed by atoms with van der Waals surface area (Å²) in [7, 11) is -2.78. The second-order valence-electron chi connectivity index (χ2n) is 11.2. The summed E-state index contributed by atoms with van der Waals surface area (Å²) in [6, 6.07) is 9.64. The molecule has 1 aliphatic rings. The first-order valence-electron chi connectivity index (χ1n) is 11.3. The molecule has 8 heteroatoms. The average molecular weight is 476 g/mol. The Hall–Kier alpha value is -1.90. The summed E-state index contributed by atoms with van der Waals surface area (Å²) < 4.78 is 53.2. The van der Waals surface area contributed by atoms with E-state index < -0.39 is 38.3 Å². The van der Waals surface area contributed by atoms with Crippen molar-refractivity contribution in [3.8, 4) is 11.5 Å². The summed E-state index contributed by atoms with van der Waals surface area (Å²) >= 11 is 0. The molecule has 2 aromatic rings. The van der Waals surface area contributed by atoms with Crippen LogP contribution in [0.1, 0.15) is 54.0 Å². The lowest BCUT2D eigenvalue weighted by Crippen LogP contribution is -2.43. The van der Waals surface area contributed by atoms with Crippen molar-refractivity contribution in [2.75, 3.05) is 0 Å². The molecule has 1 aliphatic heterocycles. The lowest BCUT2D eigenvalue weighted by molar-refractivity contribution is 0.00578. The van der Waals surface area contributed by atoms with Crippen molar-refractivity contribution in [2.24, 2.45) is 0 Å². The monoisotopic (exact) mass is 476 g/mol. The van der Waals surface area contributed by atoms with Gasteiger partial charge in [0.15, 0.2) is 0 Å². The summed E-state index contributed by atoms with van der Waals surface area (Å²) in [5.41, 5.74) is -1.02. The van der Waals surface area contributed by atoms with Crippen LogP contribution in [0.4, 0.5) is 8.78 Å². The van der Waals surface area contributed by atoms with Gasteiger partial charge in [-0.3, -0.25) is 0 Å². The molecule has 0 unspecified atom stereocenters. The highest BCUT2D eigenvalue weighted by Gasteiger charge is 2.52. The number of benzene rings is 2. The van der Waals surface area contributed by atoms with Gasteiger partial charge in [-0.15, -0.1) is 0 Å². The van der Waals surface area contributed by atoms with Crippen LogP contribution in [0.5, 0.6) is 11.5 Å². The number of rotatable bonds is 6. The Morgan fingerprint density at radius 2 is 1.33 bits per heavy atom. The van der Waals surface area contributed by atoms with Crippen molar-refractivity contribution in [3.05, 3.63) is 53.6 Å². The van der Waals surface area contributed by atoms with E-state index in [1.807, 2.05) is 39.8 Å². The topological polar surface area (TPSA) is 36.9 Å². The molecule has 2 aromatic carbocycles. The molecule has 0 aromatic heterocycles. The summed E-state index contributed by atoms with van der Waals surface area (Å²) in [4.78, 5) is 0. The number of hydrogen-bond acceptors (Lipinski definition) is 4. The van der Waals surface area contributed by atoms with Gasteiger partial charge in [-0.25, -0.2) is 8.78 Å². The van der Waals surface area contributed by atoms with E-state index in [1.54, 1.807) is 12.1 Å². The maximum Gasteiger partial charge on any atom is 0.495 e. The third-order valence-electron chi connectivity index (χ3n) is 7.07. The highest BCUT2D eigenvalue weighted by molar-refractivity contribution is 6.74. The van der Waals surface area contributed by atoms with Gasteiger partial charge in [0.1, 0.15) is 29.7 Å². The highest BCUT2D eigenvalue weighted by atomic mass is 28.4. The smallest absolute Gasteiger partial charge is 0.495 e. The first-order valence-corrected chi connectivity index (χ1v) is 14.2. The van der Waals surface area contributed by atoms with Crippen LogP contribution in [0.15, 0.2) is 36.4 Å². The predicted molar refractivity (Wildman–Crippen MR) is 131 cm³/mol. The second kappa shape index (κ2) is 8.71. The molecule has 3 rings (SSSR count). The largest absolute Gasteiger partial charge is 0.543 e. The van der Waals surface area contributed by atoms with Crippen molar-refractivity contribution >= 4 is 20.9 Å². The fraction of sp³-hybridized carbons (Fsp3) is 0.520. The molecular formula is C25H35BF2O4Si. The molecular weight excluding hydrogens is 441 g/mol. The Morgan fingerprint density at radius 1 is 0.879 bits per heavy atom. The van der Waals surface area contributed by atoms with Crippen molar-refractivity contribution in [1.29, 1.82) is 0 Å². The molecule has 33 heavy (non-hydrogen) atoms. The molecule has 1 saturated heterocycles. The zero-order chi connectivity index (χ0) is 24.8. The van der Waals surface area contributed by atoms with E-state index in [9.17, 15) is 8.78 Å². The van der Waals surface area contributed by atoms with Gasteiger partial charge in [0.25, 0.3) is 0 Å². The van der Waals surface area contributed by atoms with Gasteiger partial charge in [-0.2, -0.15) is 0 Å². The fourth-order valence-electron chi connectivity index (χ4n) is 3.08. The Labute approximate surface area is 197 Å². The van der Waals surface area contributed by atoms with Crippen LogP contribution < -0.4 is 14.6 Å². The first-order chi connectivity index (χ1) is 15.0. The normalized spacial score (nSPS) is 17.8. The van der Waals surface area contributed by atoms with E-state index in [-0.39, 0.29) is 17.2 Å². The van der Waals surface area contributed by atoms with Gasteiger partial charge in [0, 0.05) is 0 Å².